The smallest absolute Gasteiger partial charge is 0.275 e. The molecule has 0 aliphatic carbocycles. The quantitative estimate of drug-likeness (QED) is 0.537. The molecule has 0 saturated carbocycles. The first-order valence-corrected chi connectivity index (χ1v) is 11.1. The van der Waals surface area contributed by atoms with E-state index < -0.39 is 28.1 Å². The van der Waals surface area contributed by atoms with Crippen molar-refractivity contribution in [2.45, 2.75) is 43.6 Å². The molecule has 9 nitrogen and oxygen atoms in total. The molecule has 34 heavy (non-hydrogen) atoms. The maximum Gasteiger partial charge on any atom is 0.275 e. The van der Waals surface area contributed by atoms with E-state index in [9.17, 15) is 14.0 Å². The van der Waals surface area contributed by atoms with E-state index in [4.69, 9.17) is 16.9 Å². The molecule has 0 radical (unpaired) electrons. The lowest BCUT2D eigenvalue weighted by Gasteiger charge is -2.40. The van der Waals surface area contributed by atoms with Gasteiger partial charge in [-0.2, -0.15) is 0 Å². The number of nitrogens with one attached hydrogen (secondary N) is 2. The topological polar surface area (TPSA) is 132 Å². The van der Waals surface area contributed by atoms with Gasteiger partial charge in [0.1, 0.15) is 16.3 Å². The Balaban J connectivity index is 1.85. The summed E-state index contributed by atoms with van der Waals surface area (Å²) in [5, 5.41) is 5.47. The van der Waals surface area contributed by atoms with Gasteiger partial charge >= 0.3 is 0 Å². The fourth-order valence-corrected chi connectivity index (χ4v) is 4.95. The van der Waals surface area contributed by atoms with Gasteiger partial charge in [-0.25, -0.2) is 14.4 Å². The predicted molar refractivity (Wildman–Crippen MR) is 129 cm³/mol. The molecule has 1 aromatic carbocycles. The molecule has 1 aromatic heterocycles. The third kappa shape index (κ3) is 5.28. The normalized spacial score (nSPS) is 22.6. The van der Waals surface area contributed by atoms with Crippen LogP contribution in [0.5, 0.6) is 5.88 Å². The number of hydrogen-bond acceptors (Lipinski definition) is 8. The van der Waals surface area contributed by atoms with E-state index in [0.29, 0.717) is 5.69 Å². The van der Waals surface area contributed by atoms with Crippen molar-refractivity contribution in [3.8, 4) is 18.2 Å². The summed E-state index contributed by atoms with van der Waals surface area (Å²) >= 11 is 1.13. The Labute approximate surface area is 201 Å². The standard InChI is InChI=1S/C23H25FN6O3S/c1-6-13(2)33-18-11-27-17(10-28-18)19(31)29-14-7-8-16(24)15(9-14)22(3)12-23(4,20(32)26-5)34-21(25)30-22/h1,7-11,13H,12H2,2-5H3,(H2,25,30)(H,26,32)(H,29,31)/t13-,22-,23+/m0/s1. The van der Waals surface area contributed by atoms with E-state index in [1.807, 2.05) is 0 Å². The van der Waals surface area contributed by atoms with Crippen LogP contribution < -0.4 is 21.1 Å². The number of ether oxygens (including phenoxy) is 1. The van der Waals surface area contributed by atoms with Crippen molar-refractivity contribution in [2.75, 3.05) is 12.4 Å². The number of amidine groups is 1. The number of terminal acetylenes is 1. The van der Waals surface area contributed by atoms with E-state index in [1.54, 1.807) is 20.8 Å². The van der Waals surface area contributed by atoms with Crippen LogP contribution in [0.25, 0.3) is 0 Å². The number of nitrogens with zero attached hydrogens (tertiary/aromatic N) is 3. The molecule has 0 fully saturated rings. The number of halogens is 1. The molecule has 11 heteroatoms. The molecule has 1 aliphatic heterocycles. The zero-order chi connectivity index (χ0) is 25.1. The number of hydrogen-bond donors (Lipinski definition) is 3. The molecule has 1 aliphatic rings. The van der Waals surface area contributed by atoms with Crippen LogP contribution in [0.15, 0.2) is 35.6 Å². The van der Waals surface area contributed by atoms with Gasteiger partial charge in [0, 0.05) is 24.7 Å². The van der Waals surface area contributed by atoms with Crippen molar-refractivity contribution < 1.29 is 18.7 Å². The SMILES string of the molecule is C#C[C@H](C)Oc1cnc(C(=O)Nc2ccc(F)c([C@]3(C)C[C@](C)(C(=O)NC)SC(N)=N3)c2)cn1. The first-order valence-electron chi connectivity index (χ1n) is 10.3. The average Bonchev–Trinajstić information content (AvgIpc) is 2.79. The molecule has 2 aromatic rings. The summed E-state index contributed by atoms with van der Waals surface area (Å²) in [5.41, 5.74) is 5.43. The second-order valence-corrected chi connectivity index (χ2v) is 9.65. The number of carbonyl (C=O) groups excluding carboxylic acids is 2. The fourth-order valence-electron chi connectivity index (χ4n) is 3.70. The van der Waals surface area contributed by atoms with Gasteiger partial charge in [0.05, 0.1) is 17.9 Å². The lowest BCUT2D eigenvalue weighted by Crippen LogP contribution is -2.49. The summed E-state index contributed by atoms with van der Waals surface area (Å²) < 4.78 is 19.3. The van der Waals surface area contributed by atoms with Crippen LogP contribution in [0.2, 0.25) is 0 Å². The largest absolute Gasteiger partial charge is 0.460 e. The summed E-state index contributed by atoms with van der Waals surface area (Å²) in [7, 11) is 1.53. The Hall–Kier alpha value is -3.65. The highest BCUT2D eigenvalue weighted by Crippen LogP contribution is 2.46. The molecule has 0 saturated heterocycles. The molecule has 2 amide bonds. The van der Waals surface area contributed by atoms with Crippen molar-refractivity contribution in [3.05, 3.63) is 47.7 Å². The van der Waals surface area contributed by atoms with Gasteiger partial charge in [-0.15, -0.1) is 6.42 Å². The number of carbonyl (C=O) groups is 2. The van der Waals surface area contributed by atoms with E-state index >= 15 is 0 Å². The number of aromatic nitrogens is 2. The Kier molecular flexibility index (Phi) is 7.12. The van der Waals surface area contributed by atoms with E-state index in [0.717, 1.165) is 11.8 Å². The summed E-state index contributed by atoms with van der Waals surface area (Å²) in [4.78, 5) is 37.6. The molecule has 0 spiro atoms. The number of aliphatic imine (C=N–C) groups is 1. The minimum atomic E-state index is -1.13. The van der Waals surface area contributed by atoms with E-state index in [2.05, 4.69) is 31.5 Å². The molecule has 2 heterocycles. The maximum atomic E-state index is 14.9. The van der Waals surface area contributed by atoms with Gasteiger partial charge in [0.25, 0.3) is 5.91 Å². The number of amides is 2. The second-order valence-electron chi connectivity index (χ2n) is 8.13. The first kappa shape index (κ1) is 25.0. The number of nitrogens with two attached hydrogens (primary N) is 1. The molecular weight excluding hydrogens is 459 g/mol. The monoisotopic (exact) mass is 484 g/mol. The highest BCUT2D eigenvalue weighted by Gasteiger charge is 2.47. The van der Waals surface area contributed by atoms with Crippen LogP contribution in [0.1, 0.15) is 43.2 Å². The lowest BCUT2D eigenvalue weighted by atomic mass is 9.82. The van der Waals surface area contributed by atoms with Gasteiger partial charge in [0.2, 0.25) is 11.8 Å². The van der Waals surface area contributed by atoms with E-state index in [-0.39, 0.29) is 34.6 Å². The van der Waals surface area contributed by atoms with Crippen molar-refractivity contribution in [2.24, 2.45) is 10.7 Å². The van der Waals surface area contributed by atoms with Gasteiger partial charge in [-0.1, -0.05) is 17.7 Å². The zero-order valence-electron chi connectivity index (χ0n) is 19.2. The highest BCUT2D eigenvalue weighted by molar-refractivity contribution is 8.15. The molecular formula is C23H25FN6O3S. The lowest BCUT2D eigenvalue weighted by molar-refractivity contribution is -0.123. The van der Waals surface area contributed by atoms with Crippen molar-refractivity contribution in [1.29, 1.82) is 0 Å². The van der Waals surface area contributed by atoms with Crippen LogP contribution in [-0.2, 0) is 10.3 Å². The Morgan fingerprint density at radius 1 is 1.32 bits per heavy atom. The number of thioether (sulfide) groups is 1. The first-order chi connectivity index (χ1) is 16.0. The van der Waals surface area contributed by atoms with Crippen LogP contribution in [0.4, 0.5) is 10.1 Å². The van der Waals surface area contributed by atoms with Crippen LogP contribution in [0, 0.1) is 18.2 Å². The van der Waals surface area contributed by atoms with Gasteiger partial charge < -0.3 is 21.1 Å². The zero-order valence-corrected chi connectivity index (χ0v) is 20.0. The molecule has 0 unspecified atom stereocenters. The Morgan fingerprint density at radius 3 is 2.68 bits per heavy atom. The molecule has 178 valence electrons. The van der Waals surface area contributed by atoms with Gasteiger partial charge in [-0.3, -0.25) is 14.6 Å². The van der Waals surface area contributed by atoms with Crippen LogP contribution >= 0.6 is 11.8 Å². The second kappa shape index (κ2) is 9.69. The molecule has 0 bridgehead atoms. The van der Waals surface area contributed by atoms with Crippen molar-refractivity contribution in [3.63, 3.8) is 0 Å². The Morgan fingerprint density at radius 2 is 2.06 bits per heavy atom. The fraction of sp³-hybridized carbons (Fsp3) is 0.348. The summed E-state index contributed by atoms with van der Waals surface area (Å²) in [6.07, 6.45) is 7.50. The van der Waals surface area contributed by atoms with Gasteiger partial charge in [0.15, 0.2) is 11.3 Å². The minimum Gasteiger partial charge on any atom is -0.460 e. The van der Waals surface area contributed by atoms with Gasteiger partial charge in [-0.05, 0) is 39.0 Å². The minimum absolute atomic E-state index is 0.0290. The summed E-state index contributed by atoms with van der Waals surface area (Å²) in [6.45, 7) is 5.11. The van der Waals surface area contributed by atoms with E-state index in [1.165, 1.54) is 37.6 Å². The van der Waals surface area contributed by atoms with Crippen molar-refractivity contribution in [1.82, 2.24) is 15.3 Å². The maximum absolute atomic E-state index is 14.9. The third-order valence-corrected chi connectivity index (χ3v) is 6.35. The summed E-state index contributed by atoms with van der Waals surface area (Å²) in [6, 6.07) is 4.12. The van der Waals surface area contributed by atoms with Crippen molar-refractivity contribution >= 4 is 34.4 Å². The molecule has 3 atom stereocenters. The average molecular weight is 485 g/mol. The number of anilines is 1. The number of rotatable bonds is 6. The highest BCUT2D eigenvalue weighted by atomic mass is 32.2. The Bertz CT molecular complexity index is 1180. The summed E-state index contributed by atoms with van der Waals surface area (Å²) in [5.74, 6) is 1.26. The molecule has 4 N–H and O–H groups in total. The predicted octanol–water partition coefficient (Wildman–Crippen LogP) is 2.44. The third-order valence-electron chi connectivity index (χ3n) is 5.27. The van der Waals surface area contributed by atoms with Crippen LogP contribution in [0.3, 0.4) is 0 Å². The van der Waals surface area contributed by atoms with Crippen LogP contribution in [-0.4, -0.2) is 44.8 Å². The number of benzene rings is 1. The molecule has 3 rings (SSSR count).